The first kappa shape index (κ1) is 8.94. The first-order chi connectivity index (χ1) is 6.66. The highest BCUT2D eigenvalue weighted by molar-refractivity contribution is 5.76. The van der Waals surface area contributed by atoms with E-state index in [1.165, 1.54) is 19.1 Å². The van der Waals surface area contributed by atoms with Crippen molar-refractivity contribution < 1.29 is 9.18 Å². The second-order valence-electron chi connectivity index (χ2n) is 3.31. The molecule has 1 aromatic carbocycles. The summed E-state index contributed by atoms with van der Waals surface area (Å²) < 4.78 is 12.9. The van der Waals surface area contributed by atoms with Gasteiger partial charge in [-0.15, -0.1) is 0 Å². The van der Waals surface area contributed by atoms with Crippen molar-refractivity contribution in [3.8, 4) is 0 Å². The molecule has 0 aliphatic carbocycles. The molecule has 2 nitrogen and oxygen atoms in total. The van der Waals surface area contributed by atoms with Gasteiger partial charge in [0.15, 0.2) is 0 Å². The molecular formula is C11H10FNO. The smallest absolute Gasteiger partial charge is 0.223 e. The Morgan fingerprint density at radius 1 is 1.50 bits per heavy atom. The Bertz CT molecular complexity index is 412. The van der Waals surface area contributed by atoms with Crippen molar-refractivity contribution in [1.82, 2.24) is 4.90 Å². The maximum Gasteiger partial charge on any atom is 0.223 e. The Hall–Kier alpha value is -1.64. The number of carbonyl (C=O) groups excluding carboxylic acids is 1. The minimum atomic E-state index is -0.262. The molecule has 3 heteroatoms. The van der Waals surface area contributed by atoms with Gasteiger partial charge in [0.1, 0.15) is 5.82 Å². The Morgan fingerprint density at radius 2 is 2.29 bits per heavy atom. The van der Waals surface area contributed by atoms with Crippen LogP contribution in [0.25, 0.3) is 6.08 Å². The predicted octanol–water partition coefficient (Wildman–Crippen LogP) is 2.16. The van der Waals surface area contributed by atoms with Gasteiger partial charge in [-0.2, -0.15) is 0 Å². The van der Waals surface area contributed by atoms with E-state index in [4.69, 9.17) is 0 Å². The van der Waals surface area contributed by atoms with Gasteiger partial charge in [0.05, 0.1) is 6.54 Å². The van der Waals surface area contributed by atoms with Crippen molar-refractivity contribution in [2.45, 2.75) is 13.5 Å². The fourth-order valence-corrected chi connectivity index (χ4v) is 1.50. The van der Waals surface area contributed by atoms with E-state index in [0.29, 0.717) is 6.54 Å². The van der Waals surface area contributed by atoms with Crippen LogP contribution >= 0.6 is 0 Å². The van der Waals surface area contributed by atoms with Crippen LogP contribution in [0, 0.1) is 5.82 Å². The monoisotopic (exact) mass is 191 g/mol. The number of fused-ring (bicyclic) bond motifs is 1. The van der Waals surface area contributed by atoms with Crippen molar-refractivity contribution >= 4 is 12.0 Å². The Balaban J connectivity index is 2.37. The number of halogens is 1. The molecule has 0 spiro atoms. The molecule has 0 radical (unpaired) electrons. The van der Waals surface area contributed by atoms with E-state index < -0.39 is 0 Å². The lowest BCUT2D eigenvalue weighted by Gasteiger charge is -2.22. The van der Waals surface area contributed by atoms with Crippen LogP contribution in [-0.2, 0) is 11.3 Å². The molecule has 2 rings (SSSR count). The zero-order chi connectivity index (χ0) is 10.1. The molecule has 0 atom stereocenters. The molecule has 1 aliphatic rings. The van der Waals surface area contributed by atoms with Gasteiger partial charge in [-0.05, 0) is 29.3 Å². The molecule has 0 saturated heterocycles. The van der Waals surface area contributed by atoms with Crippen LogP contribution in [0.2, 0.25) is 0 Å². The summed E-state index contributed by atoms with van der Waals surface area (Å²) in [5.41, 5.74) is 1.83. The summed E-state index contributed by atoms with van der Waals surface area (Å²) >= 11 is 0. The lowest BCUT2D eigenvalue weighted by atomic mass is 10.0. The van der Waals surface area contributed by atoms with Crippen molar-refractivity contribution in [2.24, 2.45) is 0 Å². The SMILES string of the molecule is CC(=O)N1C=Cc2ccc(F)cc2C1. The second kappa shape index (κ2) is 3.25. The zero-order valence-electron chi connectivity index (χ0n) is 7.83. The summed E-state index contributed by atoms with van der Waals surface area (Å²) in [7, 11) is 0. The molecule has 0 saturated carbocycles. The Labute approximate surface area is 81.6 Å². The van der Waals surface area contributed by atoms with Gasteiger partial charge in [0.2, 0.25) is 5.91 Å². The van der Waals surface area contributed by atoms with Crippen molar-refractivity contribution in [1.29, 1.82) is 0 Å². The summed E-state index contributed by atoms with van der Waals surface area (Å²) in [6, 6.07) is 4.61. The quantitative estimate of drug-likeness (QED) is 0.615. The number of hydrogen-bond donors (Lipinski definition) is 0. The highest BCUT2D eigenvalue weighted by Gasteiger charge is 2.13. The van der Waals surface area contributed by atoms with Gasteiger partial charge < -0.3 is 4.90 Å². The van der Waals surface area contributed by atoms with Crippen LogP contribution in [0.15, 0.2) is 24.4 Å². The van der Waals surface area contributed by atoms with E-state index in [0.717, 1.165) is 11.1 Å². The molecule has 0 fully saturated rings. The molecule has 0 unspecified atom stereocenters. The number of amides is 1. The summed E-state index contributed by atoms with van der Waals surface area (Å²) in [5, 5.41) is 0. The molecule has 0 bridgehead atoms. The van der Waals surface area contributed by atoms with Crippen molar-refractivity contribution in [2.75, 3.05) is 0 Å². The topological polar surface area (TPSA) is 20.3 Å². The van der Waals surface area contributed by atoms with Gasteiger partial charge in [-0.3, -0.25) is 4.79 Å². The summed E-state index contributed by atoms with van der Waals surface area (Å²) in [4.78, 5) is 12.6. The minimum Gasteiger partial charge on any atom is -0.315 e. The molecule has 1 aliphatic heterocycles. The van der Waals surface area contributed by atoms with Crippen molar-refractivity contribution in [3.63, 3.8) is 0 Å². The molecule has 1 amide bonds. The van der Waals surface area contributed by atoms with E-state index in [2.05, 4.69) is 0 Å². The van der Waals surface area contributed by atoms with Gasteiger partial charge in [-0.1, -0.05) is 6.07 Å². The molecular weight excluding hydrogens is 181 g/mol. The molecule has 0 N–H and O–H groups in total. The third-order valence-corrected chi connectivity index (χ3v) is 2.28. The van der Waals surface area contributed by atoms with Crippen LogP contribution in [0.1, 0.15) is 18.1 Å². The van der Waals surface area contributed by atoms with E-state index in [1.807, 2.05) is 6.08 Å². The number of nitrogens with zero attached hydrogens (tertiary/aromatic N) is 1. The fourth-order valence-electron chi connectivity index (χ4n) is 1.50. The minimum absolute atomic E-state index is 0.0313. The third-order valence-electron chi connectivity index (χ3n) is 2.28. The average molecular weight is 191 g/mol. The lowest BCUT2D eigenvalue weighted by molar-refractivity contribution is -0.126. The third kappa shape index (κ3) is 1.53. The average Bonchev–Trinajstić information content (AvgIpc) is 2.16. The highest BCUT2D eigenvalue weighted by atomic mass is 19.1. The van der Waals surface area contributed by atoms with Crippen LogP contribution in [0.3, 0.4) is 0 Å². The largest absolute Gasteiger partial charge is 0.315 e. The van der Waals surface area contributed by atoms with E-state index in [9.17, 15) is 9.18 Å². The number of hydrogen-bond acceptors (Lipinski definition) is 1. The molecule has 0 aromatic heterocycles. The normalized spacial score (nSPS) is 14.0. The summed E-state index contributed by atoms with van der Waals surface area (Å²) in [5.74, 6) is -0.293. The van der Waals surface area contributed by atoms with Gasteiger partial charge >= 0.3 is 0 Å². The Kier molecular flexibility index (Phi) is 2.08. The number of carbonyl (C=O) groups is 1. The first-order valence-electron chi connectivity index (χ1n) is 4.40. The number of rotatable bonds is 0. The van der Waals surface area contributed by atoms with E-state index in [1.54, 1.807) is 17.2 Å². The second-order valence-corrected chi connectivity index (χ2v) is 3.31. The van der Waals surface area contributed by atoms with Crippen LogP contribution in [0.4, 0.5) is 4.39 Å². The summed E-state index contributed by atoms with van der Waals surface area (Å²) in [6.07, 6.45) is 3.54. The highest BCUT2D eigenvalue weighted by Crippen LogP contribution is 2.20. The number of benzene rings is 1. The zero-order valence-corrected chi connectivity index (χ0v) is 7.83. The van der Waals surface area contributed by atoms with Crippen LogP contribution in [0.5, 0.6) is 0 Å². The molecule has 1 heterocycles. The van der Waals surface area contributed by atoms with Crippen LogP contribution in [-0.4, -0.2) is 10.8 Å². The summed E-state index contributed by atoms with van der Waals surface area (Å²) in [6.45, 7) is 1.95. The standard InChI is InChI=1S/C11H10FNO/c1-8(14)13-5-4-9-2-3-11(12)6-10(9)7-13/h2-6H,7H2,1H3. The van der Waals surface area contributed by atoms with E-state index >= 15 is 0 Å². The first-order valence-corrected chi connectivity index (χ1v) is 4.40. The van der Waals surface area contributed by atoms with Crippen molar-refractivity contribution in [3.05, 3.63) is 41.3 Å². The van der Waals surface area contributed by atoms with Crippen LogP contribution < -0.4 is 0 Å². The maximum absolute atomic E-state index is 12.9. The van der Waals surface area contributed by atoms with E-state index in [-0.39, 0.29) is 11.7 Å². The molecule has 14 heavy (non-hydrogen) atoms. The Morgan fingerprint density at radius 3 is 3.00 bits per heavy atom. The van der Waals surface area contributed by atoms with Gasteiger partial charge in [0.25, 0.3) is 0 Å². The predicted molar refractivity (Wildman–Crippen MR) is 51.7 cm³/mol. The maximum atomic E-state index is 12.9. The van der Waals surface area contributed by atoms with Gasteiger partial charge in [0, 0.05) is 13.1 Å². The molecule has 1 aromatic rings. The molecule has 72 valence electrons. The fraction of sp³-hybridized carbons (Fsp3) is 0.182. The lowest BCUT2D eigenvalue weighted by Crippen LogP contribution is -2.24. The van der Waals surface area contributed by atoms with Gasteiger partial charge in [-0.25, -0.2) is 4.39 Å².